The Balaban J connectivity index is 1.43. The van der Waals surface area contributed by atoms with E-state index in [9.17, 15) is 9.18 Å². The van der Waals surface area contributed by atoms with Crippen molar-refractivity contribution in [3.63, 3.8) is 0 Å². The zero-order valence-electron chi connectivity index (χ0n) is 14.9. The molecule has 1 aliphatic rings. The van der Waals surface area contributed by atoms with Crippen molar-refractivity contribution in [1.82, 2.24) is 4.90 Å². The first kappa shape index (κ1) is 17.7. The number of anilines is 1. The number of benzene rings is 2. The molecule has 0 amide bonds. The van der Waals surface area contributed by atoms with E-state index in [1.54, 1.807) is 12.1 Å². The highest BCUT2D eigenvalue weighted by molar-refractivity contribution is 5.76. The van der Waals surface area contributed by atoms with Gasteiger partial charge in [0.1, 0.15) is 11.4 Å². The number of para-hydroxylation sites is 1. The zero-order valence-corrected chi connectivity index (χ0v) is 14.9. The number of halogens is 1. The van der Waals surface area contributed by atoms with Crippen molar-refractivity contribution in [2.45, 2.75) is 13.2 Å². The van der Waals surface area contributed by atoms with Crippen LogP contribution in [0.4, 0.5) is 10.1 Å². The van der Waals surface area contributed by atoms with Crippen LogP contribution in [0.2, 0.25) is 0 Å². The molecule has 6 heteroatoms. The Kier molecular flexibility index (Phi) is 4.92. The molecule has 2 heterocycles. The fourth-order valence-electron chi connectivity index (χ4n) is 3.48. The molecule has 0 atom stereocenters. The second-order valence-corrected chi connectivity index (χ2v) is 6.79. The van der Waals surface area contributed by atoms with Crippen molar-refractivity contribution in [2.24, 2.45) is 0 Å². The van der Waals surface area contributed by atoms with Gasteiger partial charge in [-0.3, -0.25) is 4.90 Å². The molecule has 27 heavy (non-hydrogen) atoms. The van der Waals surface area contributed by atoms with Gasteiger partial charge >= 0.3 is 5.63 Å². The van der Waals surface area contributed by atoms with Crippen LogP contribution in [-0.2, 0) is 13.2 Å². The fraction of sp³-hybridized carbons (Fsp3) is 0.286. The molecule has 0 saturated carbocycles. The maximum atomic E-state index is 13.9. The van der Waals surface area contributed by atoms with E-state index in [-0.39, 0.29) is 18.0 Å². The summed E-state index contributed by atoms with van der Waals surface area (Å²) in [6.07, 6.45) is 0. The highest BCUT2D eigenvalue weighted by atomic mass is 19.1. The van der Waals surface area contributed by atoms with E-state index in [1.165, 1.54) is 6.07 Å². The largest absolute Gasteiger partial charge is 0.422 e. The number of hydrogen-bond acceptors (Lipinski definition) is 5. The van der Waals surface area contributed by atoms with E-state index in [2.05, 4.69) is 9.80 Å². The molecule has 140 valence electrons. The van der Waals surface area contributed by atoms with E-state index < -0.39 is 0 Å². The van der Waals surface area contributed by atoms with Gasteiger partial charge in [0.05, 0.1) is 12.2 Å². The molecule has 1 N–H and O–H groups in total. The van der Waals surface area contributed by atoms with Gasteiger partial charge in [-0.1, -0.05) is 24.3 Å². The van der Waals surface area contributed by atoms with Gasteiger partial charge in [0.25, 0.3) is 0 Å². The number of rotatable bonds is 4. The van der Waals surface area contributed by atoms with Crippen LogP contribution in [0.1, 0.15) is 11.1 Å². The average Bonchev–Trinajstić information content (AvgIpc) is 2.69. The third kappa shape index (κ3) is 3.72. The smallest absolute Gasteiger partial charge is 0.340 e. The molecule has 1 saturated heterocycles. The quantitative estimate of drug-likeness (QED) is 0.718. The van der Waals surface area contributed by atoms with Gasteiger partial charge in [0.2, 0.25) is 0 Å². The van der Waals surface area contributed by atoms with E-state index in [1.807, 2.05) is 30.3 Å². The molecule has 2 aromatic carbocycles. The number of piperazine rings is 1. The average molecular weight is 368 g/mol. The Morgan fingerprint density at radius 3 is 2.52 bits per heavy atom. The van der Waals surface area contributed by atoms with Gasteiger partial charge in [-0.25, -0.2) is 9.18 Å². The van der Waals surface area contributed by atoms with E-state index >= 15 is 0 Å². The van der Waals surface area contributed by atoms with Crippen LogP contribution in [0.15, 0.2) is 57.7 Å². The van der Waals surface area contributed by atoms with E-state index in [0.29, 0.717) is 23.3 Å². The zero-order chi connectivity index (χ0) is 18.8. The Morgan fingerprint density at radius 2 is 1.78 bits per heavy atom. The summed E-state index contributed by atoms with van der Waals surface area (Å²) in [6, 6.07) is 14.3. The lowest BCUT2D eigenvalue weighted by Gasteiger charge is -2.36. The molecular weight excluding hydrogens is 347 g/mol. The molecule has 0 unspecified atom stereocenters. The van der Waals surface area contributed by atoms with Crippen LogP contribution in [0.25, 0.3) is 11.0 Å². The molecule has 3 aromatic rings. The minimum atomic E-state index is -0.383. The van der Waals surface area contributed by atoms with Crippen LogP contribution in [0, 0.1) is 5.82 Å². The van der Waals surface area contributed by atoms with E-state index in [0.717, 1.165) is 37.3 Å². The highest BCUT2D eigenvalue weighted by Gasteiger charge is 2.19. The molecule has 0 radical (unpaired) electrons. The Labute approximate surface area is 156 Å². The van der Waals surface area contributed by atoms with Crippen LogP contribution < -0.4 is 10.5 Å². The summed E-state index contributed by atoms with van der Waals surface area (Å²) in [5, 5.41) is 10.0. The number of aliphatic hydroxyl groups is 1. The SMILES string of the molecule is O=c1oc2ccccc2cc1CN1CCN(c2ccc(CO)c(F)c2)CC1. The lowest BCUT2D eigenvalue weighted by atomic mass is 10.1. The normalized spacial score (nSPS) is 15.4. The van der Waals surface area contributed by atoms with Gasteiger partial charge < -0.3 is 14.4 Å². The van der Waals surface area contributed by atoms with Crippen molar-refractivity contribution >= 4 is 16.7 Å². The van der Waals surface area contributed by atoms with Gasteiger partial charge in [-0.15, -0.1) is 0 Å². The number of aliphatic hydroxyl groups excluding tert-OH is 1. The predicted octanol–water partition coefficient (Wildman–Crippen LogP) is 2.75. The number of hydrogen-bond donors (Lipinski definition) is 1. The van der Waals surface area contributed by atoms with Gasteiger partial charge in [-0.2, -0.15) is 0 Å². The van der Waals surface area contributed by atoms with Crippen molar-refractivity contribution in [1.29, 1.82) is 0 Å². The first-order valence-corrected chi connectivity index (χ1v) is 9.02. The Morgan fingerprint density at radius 1 is 1.00 bits per heavy atom. The molecule has 4 rings (SSSR count). The van der Waals surface area contributed by atoms with Crippen molar-refractivity contribution in [3.8, 4) is 0 Å². The molecule has 0 bridgehead atoms. The topological polar surface area (TPSA) is 56.9 Å². The highest BCUT2D eigenvalue weighted by Crippen LogP contribution is 2.21. The Bertz CT molecular complexity index is 1010. The second-order valence-electron chi connectivity index (χ2n) is 6.79. The van der Waals surface area contributed by atoms with E-state index in [4.69, 9.17) is 9.52 Å². The molecular formula is C21H21FN2O3. The van der Waals surface area contributed by atoms with Crippen molar-refractivity contribution in [2.75, 3.05) is 31.1 Å². The van der Waals surface area contributed by atoms with Gasteiger partial charge in [-0.05, 0) is 24.3 Å². The lowest BCUT2D eigenvalue weighted by molar-refractivity contribution is 0.247. The second kappa shape index (κ2) is 7.50. The maximum absolute atomic E-state index is 13.9. The summed E-state index contributed by atoms with van der Waals surface area (Å²) >= 11 is 0. The van der Waals surface area contributed by atoms with Gasteiger partial charge in [0, 0.05) is 49.4 Å². The Hall–Kier alpha value is -2.70. The summed E-state index contributed by atoms with van der Waals surface area (Å²) in [5.41, 5.74) is 2.08. The van der Waals surface area contributed by atoms with Crippen LogP contribution in [-0.4, -0.2) is 36.2 Å². The summed E-state index contributed by atoms with van der Waals surface area (Å²) in [6.45, 7) is 3.28. The number of fused-ring (bicyclic) bond motifs is 1. The maximum Gasteiger partial charge on any atom is 0.340 e. The molecule has 1 aromatic heterocycles. The molecule has 5 nitrogen and oxygen atoms in total. The lowest BCUT2D eigenvalue weighted by Crippen LogP contribution is -2.46. The van der Waals surface area contributed by atoms with Crippen molar-refractivity contribution < 1.29 is 13.9 Å². The van der Waals surface area contributed by atoms with Crippen LogP contribution >= 0.6 is 0 Å². The summed E-state index contributed by atoms with van der Waals surface area (Å²) < 4.78 is 19.3. The third-order valence-corrected chi connectivity index (χ3v) is 5.05. The minimum absolute atomic E-state index is 0.294. The van der Waals surface area contributed by atoms with Crippen molar-refractivity contribution in [3.05, 3.63) is 75.9 Å². The van der Waals surface area contributed by atoms with Crippen LogP contribution in [0.3, 0.4) is 0 Å². The standard InChI is InChI=1S/C21H21FN2O3/c22-19-12-18(6-5-16(19)14-25)24-9-7-23(8-10-24)13-17-11-15-3-1-2-4-20(15)27-21(17)26/h1-6,11-12,25H,7-10,13-14H2. The van der Waals surface area contributed by atoms with Gasteiger partial charge in [0.15, 0.2) is 0 Å². The third-order valence-electron chi connectivity index (χ3n) is 5.05. The molecule has 1 fully saturated rings. The first-order chi connectivity index (χ1) is 13.1. The monoisotopic (exact) mass is 368 g/mol. The summed E-state index contributed by atoms with van der Waals surface area (Å²) in [5.74, 6) is -0.383. The summed E-state index contributed by atoms with van der Waals surface area (Å²) in [4.78, 5) is 16.5. The molecule has 0 aliphatic carbocycles. The fourth-order valence-corrected chi connectivity index (χ4v) is 3.48. The first-order valence-electron chi connectivity index (χ1n) is 9.02. The van der Waals surface area contributed by atoms with Crippen LogP contribution in [0.5, 0.6) is 0 Å². The summed E-state index contributed by atoms with van der Waals surface area (Å²) in [7, 11) is 0. The minimum Gasteiger partial charge on any atom is -0.422 e. The predicted molar refractivity (Wildman–Crippen MR) is 102 cm³/mol. The number of nitrogens with zero attached hydrogens (tertiary/aromatic N) is 2. The molecule has 1 aliphatic heterocycles. The molecule has 0 spiro atoms.